The molecule has 6 nitrogen and oxygen atoms in total. The Hall–Kier alpha value is -1.04. The zero-order chi connectivity index (χ0) is 11.8. The fraction of sp³-hybridized carbons (Fsp3) is 0.250. The molecule has 0 bridgehead atoms. The van der Waals surface area contributed by atoms with Crippen molar-refractivity contribution in [1.29, 1.82) is 0 Å². The number of rotatable bonds is 2. The molecule has 1 atom stereocenters. The molecule has 0 saturated carbocycles. The van der Waals surface area contributed by atoms with Crippen LogP contribution in [0.2, 0.25) is 0 Å². The van der Waals surface area contributed by atoms with E-state index in [0.29, 0.717) is 5.56 Å². The highest BCUT2D eigenvalue weighted by Crippen LogP contribution is 2.16. The van der Waals surface area contributed by atoms with Crippen molar-refractivity contribution in [3.63, 3.8) is 0 Å². The molecular weight excluding hydrogens is 221 g/mol. The average Bonchev–Trinajstić information content (AvgIpc) is 2.16. The van der Waals surface area contributed by atoms with E-state index in [1.807, 2.05) is 0 Å². The van der Waals surface area contributed by atoms with Crippen LogP contribution in [0.5, 0.6) is 5.75 Å². The normalized spacial score (nSPS) is 11.2. The fourth-order valence-electron chi connectivity index (χ4n) is 0.868. The van der Waals surface area contributed by atoms with E-state index in [2.05, 4.69) is 0 Å². The van der Waals surface area contributed by atoms with Crippen molar-refractivity contribution in [3.05, 3.63) is 29.8 Å². The van der Waals surface area contributed by atoms with Gasteiger partial charge in [-0.2, -0.15) is 0 Å². The number of aromatic hydroxyl groups is 1. The molecule has 1 rings (SSSR count). The molecular formula is C8H13NO5P+. The number of phenols is 1. The summed E-state index contributed by atoms with van der Waals surface area (Å²) in [6.07, 6.45) is -0.679. The largest absolute Gasteiger partial charge is 0.692 e. The Morgan fingerprint density at radius 2 is 1.93 bits per heavy atom. The van der Waals surface area contributed by atoms with Gasteiger partial charge >= 0.3 is 8.25 Å². The summed E-state index contributed by atoms with van der Waals surface area (Å²) in [6, 6.07) is 6.44. The van der Waals surface area contributed by atoms with Crippen LogP contribution in [0, 0.1) is 0 Å². The first-order chi connectivity index (χ1) is 6.97. The molecule has 0 spiro atoms. The Balaban J connectivity index is 0.000000423. The second-order valence-electron chi connectivity index (χ2n) is 2.60. The molecule has 0 heterocycles. The molecule has 0 aliphatic heterocycles. The molecule has 15 heavy (non-hydrogen) atoms. The summed E-state index contributed by atoms with van der Waals surface area (Å²) in [5.41, 5.74) is 5.87. The van der Waals surface area contributed by atoms with Crippen molar-refractivity contribution in [2.75, 3.05) is 6.54 Å². The Kier molecular flexibility index (Phi) is 6.77. The van der Waals surface area contributed by atoms with Gasteiger partial charge in [0.05, 0.1) is 6.10 Å². The molecule has 0 aliphatic rings. The fourth-order valence-corrected chi connectivity index (χ4v) is 0.868. The molecule has 1 aromatic carbocycles. The van der Waals surface area contributed by atoms with E-state index < -0.39 is 14.4 Å². The highest BCUT2D eigenvalue weighted by molar-refractivity contribution is 7.30. The number of benzene rings is 1. The summed E-state index contributed by atoms with van der Waals surface area (Å²) < 4.78 is 8.70. The minimum atomic E-state index is -2.87. The molecule has 7 heteroatoms. The van der Waals surface area contributed by atoms with Gasteiger partial charge in [-0.15, -0.1) is 9.79 Å². The van der Waals surface area contributed by atoms with Crippen LogP contribution >= 0.6 is 8.25 Å². The maximum absolute atomic E-state index is 9.22. The summed E-state index contributed by atoms with van der Waals surface area (Å²) in [4.78, 5) is 14.2. The minimum absolute atomic E-state index is 0.148. The van der Waals surface area contributed by atoms with Gasteiger partial charge in [0.15, 0.2) is 0 Å². The summed E-state index contributed by atoms with van der Waals surface area (Å²) in [5.74, 6) is 0.148. The van der Waals surface area contributed by atoms with Gasteiger partial charge in [-0.05, 0) is 17.7 Å². The third-order valence-electron chi connectivity index (χ3n) is 1.48. The van der Waals surface area contributed by atoms with Crippen molar-refractivity contribution in [3.8, 4) is 5.75 Å². The highest BCUT2D eigenvalue weighted by atomic mass is 31.1. The van der Waals surface area contributed by atoms with E-state index in [4.69, 9.17) is 25.2 Å². The van der Waals surface area contributed by atoms with Crippen molar-refractivity contribution in [2.45, 2.75) is 6.10 Å². The first-order valence-corrected chi connectivity index (χ1v) is 5.16. The number of aliphatic hydroxyl groups is 1. The van der Waals surface area contributed by atoms with Crippen LogP contribution in [-0.4, -0.2) is 26.5 Å². The van der Waals surface area contributed by atoms with Crippen LogP contribution in [0.25, 0.3) is 0 Å². The third-order valence-corrected chi connectivity index (χ3v) is 1.48. The van der Waals surface area contributed by atoms with Gasteiger partial charge < -0.3 is 15.9 Å². The first kappa shape index (κ1) is 14.0. The van der Waals surface area contributed by atoms with E-state index in [1.165, 1.54) is 6.07 Å². The van der Waals surface area contributed by atoms with Crippen LogP contribution in [0.1, 0.15) is 11.7 Å². The zero-order valence-corrected chi connectivity index (χ0v) is 8.71. The second-order valence-corrected chi connectivity index (χ2v) is 3.10. The van der Waals surface area contributed by atoms with Gasteiger partial charge in [-0.25, -0.2) is 0 Å². The Labute approximate surface area is 87.6 Å². The summed E-state index contributed by atoms with van der Waals surface area (Å²) >= 11 is 0. The lowest BCUT2D eigenvalue weighted by atomic mass is 10.1. The Morgan fingerprint density at radius 3 is 2.33 bits per heavy atom. The van der Waals surface area contributed by atoms with Gasteiger partial charge in [-0.1, -0.05) is 12.1 Å². The molecule has 0 aliphatic carbocycles. The number of aliphatic hydroxyl groups excluding tert-OH is 1. The van der Waals surface area contributed by atoms with Crippen molar-refractivity contribution in [2.24, 2.45) is 5.73 Å². The SMILES string of the molecule is NCC(O)c1cccc(O)c1.O=[P+](O)O. The number of phenolic OH excluding ortho intramolecular Hbond substituents is 1. The number of nitrogens with two attached hydrogens (primary N) is 1. The van der Waals surface area contributed by atoms with Crippen LogP contribution in [0.4, 0.5) is 0 Å². The third kappa shape index (κ3) is 6.96. The van der Waals surface area contributed by atoms with Gasteiger partial charge in [-0.3, -0.25) is 0 Å². The predicted octanol–water partition coefficient (Wildman–Crippen LogP) is 0.0127. The predicted molar refractivity (Wildman–Crippen MR) is 54.2 cm³/mol. The number of hydrogen-bond donors (Lipinski definition) is 5. The maximum atomic E-state index is 9.22. The van der Waals surface area contributed by atoms with E-state index >= 15 is 0 Å². The quantitative estimate of drug-likeness (QED) is 0.459. The van der Waals surface area contributed by atoms with E-state index in [0.717, 1.165) is 0 Å². The topological polar surface area (TPSA) is 124 Å². The molecule has 0 radical (unpaired) electrons. The van der Waals surface area contributed by atoms with E-state index in [-0.39, 0.29) is 12.3 Å². The highest BCUT2D eigenvalue weighted by Gasteiger charge is 2.03. The van der Waals surface area contributed by atoms with Gasteiger partial charge in [0.25, 0.3) is 0 Å². The van der Waals surface area contributed by atoms with Gasteiger partial charge in [0.1, 0.15) is 5.75 Å². The Morgan fingerprint density at radius 1 is 1.40 bits per heavy atom. The van der Waals surface area contributed by atoms with Crippen LogP contribution < -0.4 is 5.73 Å². The van der Waals surface area contributed by atoms with Crippen LogP contribution in [0.3, 0.4) is 0 Å². The van der Waals surface area contributed by atoms with Crippen LogP contribution in [-0.2, 0) is 4.57 Å². The number of hydrogen-bond acceptors (Lipinski definition) is 4. The molecule has 0 aromatic heterocycles. The minimum Gasteiger partial charge on any atom is -0.508 e. The van der Waals surface area contributed by atoms with Crippen molar-refractivity contribution in [1.82, 2.24) is 0 Å². The molecule has 0 amide bonds. The molecule has 0 saturated heterocycles. The summed E-state index contributed by atoms with van der Waals surface area (Å²) in [7, 11) is -2.87. The monoisotopic (exact) mass is 234 g/mol. The lowest BCUT2D eigenvalue weighted by Crippen LogP contribution is -2.11. The molecule has 84 valence electrons. The van der Waals surface area contributed by atoms with Crippen LogP contribution in [0.15, 0.2) is 24.3 Å². The van der Waals surface area contributed by atoms with E-state index in [1.54, 1.807) is 18.2 Å². The standard InChI is InChI=1S/C8H11NO2.HO3P/c9-5-8(11)6-2-1-3-7(10)4-6;1-4(2)3/h1-4,8,10-11H,5,9H2;(H-,1,2,3)/p+1. The summed E-state index contributed by atoms with van der Waals surface area (Å²) in [5, 5.41) is 18.2. The van der Waals surface area contributed by atoms with Gasteiger partial charge in [0, 0.05) is 11.1 Å². The smallest absolute Gasteiger partial charge is 0.508 e. The van der Waals surface area contributed by atoms with Crippen molar-refractivity contribution < 1.29 is 24.6 Å². The molecule has 0 fully saturated rings. The molecule has 1 aromatic rings. The van der Waals surface area contributed by atoms with E-state index in [9.17, 15) is 5.11 Å². The van der Waals surface area contributed by atoms with Gasteiger partial charge in [0.2, 0.25) is 0 Å². The molecule has 6 N–H and O–H groups in total. The zero-order valence-electron chi connectivity index (χ0n) is 7.82. The maximum Gasteiger partial charge on any atom is 0.692 e. The Bertz CT molecular complexity index is 316. The average molecular weight is 234 g/mol. The molecule has 1 unspecified atom stereocenters. The van der Waals surface area contributed by atoms with Crippen molar-refractivity contribution >= 4 is 8.25 Å². The first-order valence-electron chi connectivity index (χ1n) is 3.99. The second kappa shape index (κ2) is 7.28. The summed E-state index contributed by atoms with van der Waals surface area (Å²) in [6.45, 7) is 0.170. The lowest BCUT2D eigenvalue weighted by Gasteiger charge is -2.06. The lowest BCUT2D eigenvalue weighted by molar-refractivity contribution is 0.186.